The average molecular weight is 560 g/mol. The molecule has 1 saturated heterocycles. The zero-order valence-electron chi connectivity index (χ0n) is 22.4. The van der Waals surface area contributed by atoms with Gasteiger partial charge in [0.1, 0.15) is 17.2 Å². The van der Waals surface area contributed by atoms with Crippen molar-refractivity contribution in [3.8, 4) is 5.75 Å². The van der Waals surface area contributed by atoms with Crippen LogP contribution in [0, 0.1) is 0 Å². The number of aromatic carboxylic acids is 1. The first-order chi connectivity index (χ1) is 19.9. The molecule has 0 bridgehead atoms. The summed E-state index contributed by atoms with van der Waals surface area (Å²) >= 11 is 0. The molecule has 14 nitrogen and oxygen atoms in total. The van der Waals surface area contributed by atoms with Crippen LogP contribution in [0.2, 0.25) is 0 Å². The van der Waals surface area contributed by atoms with Crippen molar-refractivity contribution in [2.75, 3.05) is 44.7 Å². The first-order valence-corrected chi connectivity index (χ1v) is 13.0. The lowest BCUT2D eigenvalue weighted by Gasteiger charge is -2.36. The number of hydrogen-bond acceptors (Lipinski definition) is 10. The van der Waals surface area contributed by atoms with Crippen molar-refractivity contribution in [3.63, 3.8) is 0 Å². The number of piperazine rings is 1. The number of hydrogen-bond donors (Lipinski definition) is 2. The monoisotopic (exact) mass is 559 g/mol. The van der Waals surface area contributed by atoms with Crippen LogP contribution < -0.4 is 20.9 Å². The minimum Gasteiger partial charge on any atom is -0.497 e. The van der Waals surface area contributed by atoms with Crippen molar-refractivity contribution in [2.24, 2.45) is 5.73 Å². The summed E-state index contributed by atoms with van der Waals surface area (Å²) in [6.07, 6.45) is 4.92. The molecule has 1 amide bonds. The fourth-order valence-electron chi connectivity index (χ4n) is 4.61. The van der Waals surface area contributed by atoms with E-state index < -0.39 is 5.97 Å². The van der Waals surface area contributed by atoms with Crippen molar-refractivity contribution in [2.45, 2.75) is 13.0 Å². The van der Waals surface area contributed by atoms with Gasteiger partial charge in [0.15, 0.2) is 5.82 Å². The molecule has 4 heterocycles. The minimum atomic E-state index is -1.12. The highest BCUT2D eigenvalue weighted by atomic mass is 16.5. The van der Waals surface area contributed by atoms with Gasteiger partial charge in [0, 0.05) is 45.3 Å². The second kappa shape index (κ2) is 12.0. The summed E-state index contributed by atoms with van der Waals surface area (Å²) in [7, 11) is 1.60. The molecule has 1 aromatic carbocycles. The highest BCUT2D eigenvalue weighted by molar-refractivity contribution is 5.89. The van der Waals surface area contributed by atoms with E-state index in [1.54, 1.807) is 28.8 Å². The van der Waals surface area contributed by atoms with Crippen molar-refractivity contribution < 1.29 is 19.4 Å². The largest absolute Gasteiger partial charge is 0.497 e. The third-order valence-electron chi connectivity index (χ3n) is 6.83. The van der Waals surface area contributed by atoms with Gasteiger partial charge >= 0.3 is 5.97 Å². The number of amides is 1. The number of carboxylic acids is 1. The van der Waals surface area contributed by atoms with E-state index >= 15 is 0 Å². The molecule has 0 unspecified atom stereocenters. The Morgan fingerprint density at radius 3 is 2.54 bits per heavy atom. The summed E-state index contributed by atoms with van der Waals surface area (Å²) in [5.41, 5.74) is 6.62. The number of anilines is 1. The number of nitrogens with two attached hydrogens (primary N) is 1. The molecule has 0 radical (unpaired) electrons. The van der Waals surface area contributed by atoms with Gasteiger partial charge in [-0.25, -0.2) is 14.5 Å². The van der Waals surface area contributed by atoms with Crippen LogP contribution in [0.3, 0.4) is 0 Å². The molecule has 3 N–H and O–H groups in total. The van der Waals surface area contributed by atoms with Crippen LogP contribution in [-0.2, 0) is 11.3 Å². The molecule has 41 heavy (non-hydrogen) atoms. The van der Waals surface area contributed by atoms with Gasteiger partial charge in [-0.05, 0) is 52.4 Å². The Balaban J connectivity index is 1.49. The number of methoxy groups -OCH3 is 1. The van der Waals surface area contributed by atoms with E-state index in [2.05, 4.69) is 15.5 Å². The van der Waals surface area contributed by atoms with Crippen LogP contribution in [-0.4, -0.2) is 91.3 Å². The molecular weight excluding hydrogens is 530 g/mol. The highest BCUT2D eigenvalue weighted by Gasteiger charge is 2.25. The lowest BCUT2D eigenvalue weighted by Crippen LogP contribution is -2.49. The van der Waals surface area contributed by atoms with Crippen LogP contribution in [0.15, 0.2) is 47.4 Å². The fraction of sp³-hybridized carbons (Fsp3) is 0.296. The molecule has 1 aliphatic rings. The Labute approximate surface area is 234 Å². The van der Waals surface area contributed by atoms with E-state index in [1.165, 1.54) is 22.7 Å². The molecule has 212 valence electrons. The van der Waals surface area contributed by atoms with Crippen molar-refractivity contribution in [3.05, 3.63) is 75.5 Å². The number of nitrogens with zero attached hydrogens (tertiary/aromatic N) is 8. The minimum absolute atomic E-state index is 0.0149. The number of tetrazole rings is 1. The van der Waals surface area contributed by atoms with Gasteiger partial charge < -0.3 is 25.4 Å². The maximum absolute atomic E-state index is 13.7. The van der Waals surface area contributed by atoms with Gasteiger partial charge in [0.05, 0.1) is 24.8 Å². The van der Waals surface area contributed by atoms with Crippen LogP contribution in [0.25, 0.3) is 17.8 Å². The predicted molar refractivity (Wildman–Crippen MR) is 150 cm³/mol. The summed E-state index contributed by atoms with van der Waals surface area (Å²) in [5, 5.41) is 21.4. The molecule has 1 fully saturated rings. The molecule has 1 aliphatic heterocycles. The quantitative estimate of drug-likeness (QED) is 0.294. The van der Waals surface area contributed by atoms with Gasteiger partial charge in [0.25, 0.3) is 5.56 Å². The molecule has 4 aromatic rings. The number of benzene rings is 1. The molecule has 3 aromatic heterocycles. The molecule has 0 spiro atoms. The number of fused-ring (bicyclic) bond motifs is 1. The Bertz CT molecular complexity index is 1650. The molecule has 5 rings (SSSR count). The molecule has 0 saturated carbocycles. The zero-order chi connectivity index (χ0) is 28.9. The van der Waals surface area contributed by atoms with Gasteiger partial charge in [-0.3, -0.25) is 14.0 Å². The maximum atomic E-state index is 13.7. The Hall–Kier alpha value is -5.11. The van der Waals surface area contributed by atoms with Crippen LogP contribution in [0.4, 0.5) is 5.82 Å². The summed E-state index contributed by atoms with van der Waals surface area (Å²) < 4.78 is 8.12. The number of ether oxygens (including phenoxy) is 1. The predicted octanol–water partition coefficient (Wildman–Crippen LogP) is 0.604. The second-order valence-electron chi connectivity index (χ2n) is 9.39. The lowest BCUT2D eigenvalue weighted by molar-refractivity contribution is -0.131. The van der Waals surface area contributed by atoms with Crippen molar-refractivity contribution >= 4 is 35.5 Å². The number of pyridine rings is 1. The first-order valence-electron chi connectivity index (χ1n) is 13.0. The van der Waals surface area contributed by atoms with Gasteiger partial charge in [-0.15, -0.1) is 5.10 Å². The van der Waals surface area contributed by atoms with Crippen molar-refractivity contribution in [1.29, 1.82) is 0 Å². The van der Waals surface area contributed by atoms with Crippen molar-refractivity contribution in [1.82, 2.24) is 34.5 Å². The molecule has 0 aliphatic carbocycles. The van der Waals surface area contributed by atoms with Gasteiger partial charge in [-0.2, -0.15) is 0 Å². The molecular formula is C27H29N9O5. The van der Waals surface area contributed by atoms with Crippen LogP contribution >= 0.6 is 0 Å². The van der Waals surface area contributed by atoms with E-state index in [0.717, 1.165) is 11.3 Å². The third kappa shape index (κ3) is 5.91. The van der Waals surface area contributed by atoms with Crippen LogP contribution in [0.1, 0.15) is 33.7 Å². The van der Waals surface area contributed by atoms with Gasteiger partial charge in [-0.1, -0.05) is 12.1 Å². The summed E-state index contributed by atoms with van der Waals surface area (Å²) in [6, 6.07) is 10.2. The van der Waals surface area contributed by atoms with E-state index in [9.17, 15) is 19.5 Å². The zero-order valence-corrected chi connectivity index (χ0v) is 22.4. The second-order valence-corrected chi connectivity index (χ2v) is 9.39. The van der Waals surface area contributed by atoms with E-state index in [-0.39, 0.29) is 41.2 Å². The normalized spacial score (nSPS) is 13.7. The third-order valence-corrected chi connectivity index (χ3v) is 6.83. The standard InChI is InChI=1S/C27H29N9O5/c1-41-20-4-2-18(3-5-20)17-36-22(30-31-32-36)7-6-21-25(34-14-12-33(13-15-34)24(37)8-10-28)29-23-16-19(27(39)40)9-11-35(23)26(21)38/h2-7,9,11,16H,8,10,12-15,17,28H2,1H3,(H,39,40). The van der Waals surface area contributed by atoms with E-state index in [1.807, 2.05) is 29.2 Å². The van der Waals surface area contributed by atoms with Gasteiger partial charge in [0.2, 0.25) is 5.91 Å². The Kier molecular flexibility index (Phi) is 8.01. The topological polar surface area (TPSA) is 174 Å². The molecule has 0 atom stereocenters. The highest BCUT2D eigenvalue weighted by Crippen LogP contribution is 2.21. The number of carboxylic acid groups (broad SMARTS) is 1. The summed E-state index contributed by atoms with van der Waals surface area (Å²) in [5.74, 6) is 0.405. The van der Waals surface area contributed by atoms with E-state index in [4.69, 9.17) is 15.5 Å². The molecule has 14 heteroatoms. The number of aromatic nitrogens is 6. The summed E-state index contributed by atoms with van der Waals surface area (Å²) in [4.78, 5) is 45.9. The fourth-order valence-corrected chi connectivity index (χ4v) is 4.61. The number of carbonyl (C=O) groups is 2. The smallest absolute Gasteiger partial charge is 0.335 e. The Morgan fingerprint density at radius 2 is 1.85 bits per heavy atom. The first kappa shape index (κ1) is 27.5. The summed E-state index contributed by atoms with van der Waals surface area (Å²) in [6.45, 7) is 2.44. The lowest BCUT2D eigenvalue weighted by atomic mass is 10.2. The SMILES string of the molecule is COc1ccc(Cn2nnnc2C=Cc2c(N3CCN(C(=O)CCN)CC3)nc3cc(C(=O)O)ccn3c2=O)cc1. The average Bonchev–Trinajstić information content (AvgIpc) is 3.43. The van der Waals surface area contributed by atoms with Crippen LogP contribution in [0.5, 0.6) is 5.75 Å². The van der Waals surface area contributed by atoms with E-state index in [0.29, 0.717) is 44.4 Å². The maximum Gasteiger partial charge on any atom is 0.335 e. The number of rotatable bonds is 9. The number of carbonyl (C=O) groups excluding carboxylic acids is 1. The Morgan fingerprint density at radius 1 is 1.10 bits per heavy atom.